The van der Waals surface area contributed by atoms with Crippen LogP contribution in [0.1, 0.15) is 18.5 Å². The number of sulfonamides is 1. The lowest BCUT2D eigenvalue weighted by Gasteiger charge is -2.29. The van der Waals surface area contributed by atoms with Gasteiger partial charge in [-0.3, -0.25) is 0 Å². The van der Waals surface area contributed by atoms with E-state index in [0.717, 1.165) is 18.2 Å². The van der Waals surface area contributed by atoms with Crippen LogP contribution < -0.4 is 5.73 Å². The van der Waals surface area contributed by atoms with E-state index in [1.54, 1.807) is 6.07 Å². The maximum atomic E-state index is 12.4. The standard InChI is InChI=1S/C13H17N3O3S.ClH/c14-10-4-3-7-16(8-10)20(17,18)9-12-11-5-1-2-6-13(11)19-15-12;/h1-2,5-6,10H,3-4,7-9,14H2;1H/t10-;/m1./s1. The number of para-hydroxylation sites is 1. The van der Waals surface area contributed by atoms with Gasteiger partial charge in [0.1, 0.15) is 11.4 Å². The lowest BCUT2D eigenvalue weighted by atomic mass is 10.1. The first-order valence-electron chi connectivity index (χ1n) is 6.63. The summed E-state index contributed by atoms with van der Waals surface area (Å²) in [5.74, 6) is -0.142. The third-order valence-corrected chi connectivity index (χ3v) is 5.34. The number of hydrogen-bond donors (Lipinski definition) is 1. The second-order valence-electron chi connectivity index (χ2n) is 5.14. The minimum Gasteiger partial charge on any atom is -0.356 e. The number of halogens is 1. The summed E-state index contributed by atoms with van der Waals surface area (Å²) in [6, 6.07) is 7.18. The van der Waals surface area contributed by atoms with Gasteiger partial charge in [0.15, 0.2) is 5.58 Å². The predicted molar refractivity (Wildman–Crippen MR) is 82.7 cm³/mol. The van der Waals surface area contributed by atoms with Crippen LogP contribution in [0.25, 0.3) is 11.0 Å². The summed E-state index contributed by atoms with van der Waals surface area (Å²) in [6.07, 6.45) is 1.68. The Hall–Kier alpha value is -1.15. The first-order valence-corrected chi connectivity index (χ1v) is 8.24. The molecule has 1 aromatic heterocycles. The SMILES string of the molecule is Cl.N[C@@H]1CCCN(S(=O)(=O)Cc2noc3ccccc23)C1. The fraction of sp³-hybridized carbons (Fsp3) is 0.462. The molecular weight excluding hydrogens is 314 g/mol. The van der Waals surface area contributed by atoms with Crippen LogP contribution in [0.3, 0.4) is 0 Å². The van der Waals surface area contributed by atoms with Crippen molar-refractivity contribution >= 4 is 33.4 Å². The van der Waals surface area contributed by atoms with E-state index in [0.29, 0.717) is 24.4 Å². The van der Waals surface area contributed by atoms with E-state index >= 15 is 0 Å². The fourth-order valence-electron chi connectivity index (χ4n) is 2.53. The average molecular weight is 332 g/mol. The number of rotatable bonds is 3. The van der Waals surface area contributed by atoms with Gasteiger partial charge in [0.2, 0.25) is 10.0 Å². The molecule has 0 amide bonds. The Labute approximate surface area is 129 Å². The first kappa shape index (κ1) is 16.2. The van der Waals surface area contributed by atoms with Gasteiger partial charge in [0, 0.05) is 24.5 Å². The van der Waals surface area contributed by atoms with Gasteiger partial charge in [-0.1, -0.05) is 17.3 Å². The molecule has 0 aliphatic carbocycles. The van der Waals surface area contributed by atoms with Gasteiger partial charge in [-0.15, -0.1) is 12.4 Å². The van der Waals surface area contributed by atoms with Crippen LogP contribution in [0.15, 0.2) is 28.8 Å². The molecule has 1 fully saturated rings. The molecule has 116 valence electrons. The molecule has 3 rings (SSSR count). The van der Waals surface area contributed by atoms with Crippen molar-refractivity contribution in [3.63, 3.8) is 0 Å². The van der Waals surface area contributed by atoms with E-state index in [1.807, 2.05) is 18.2 Å². The van der Waals surface area contributed by atoms with Crippen molar-refractivity contribution in [1.29, 1.82) is 0 Å². The molecule has 0 bridgehead atoms. The molecule has 6 nitrogen and oxygen atoms in total. The van der Waals surface area contributed by atoms with Gasteiger partial charge in [0.25, 0.3) is 0 Å². The summed E-state index contributed by atoms with van der Waals surface area (Å²) >= 11 is 0. The Morgan fingerprint density at radius 1 is 1.38 bits per heavy atom. The number of nitrogens with zero attached hydrogens (tertiary/aromatic N) is 2. The first-order chi connectivity index (χ1) is 9.56. The van der Waals surface area contributed by atoms with Gasteiger partial charge in [-0.25, -0.2) is 12.7 Å². The second kappa shape index (κ2) is 6.31. The fourth-order valence-corrected chi connectivity index (χ4v) is 4.10. The van der Waals surface area contributed by atoms with E-state index in [4.69, 9.17) is 10.3 Å². The quantitative estimate of drug-likeness (QED) is 0.920. The lowest BCUT2D eigenvalue weighted by molar-refractivity contribution is 0.315. The minimum absolute atomic E-state index is 0. The summed E-state index contributed by atoms with van der Waals surface area (Å²) in [5, 5.41) is 4.63. The van der Waals surface area contributed by atoms with Crippen molar-refractivity contribution in [3.05, 3.63) is 30.0 Å². The molecule has 2 N–H and O–H groups in total. The highest BCUT2D eigenvalue weighted by molar-refractivity contribution is 7.88. The average Bonchev–Trinajstić information content (AvgIpc) is 2.82. The number of nitrogens with two attached hydrogens (primary N) is 1. The smallest absolute Gasteiger partial charge is 0.220 e. The number of benzene rings is 1. The lowest BCUT2D eigenvalue weighted by Crippen LogP contribution is -2.46. The van der Waals surface area contributed by atoms with Crippen LogP contribution in [0.4, 0.5) is 0 Å². The molecule has 1 aliphatic rings. The topological polar surface area (TPSA) is 89.4 Å². The zero-order valence-electron chi connectivity index (χ0n) is 11.4. The molecule has 2 heterocycles. The molecule has 1 saturated heterocycles. The maximum Gasteiger partial charge on any atom is 0.220 e. The molecule has 0 saturated carbocycles. The van der Waals surface area contributed by atoms with E-state index in [9.17, 15) is 8.42 Å². The van der Waals surface area contributed by atoms with Gasteiger partial charge >= 0.3 is 0 Å². The van der Waals surface area contributed by atoms with Crippen molar-refractivity contribution < 1.29 is 12.9 Å². The third kappa shape index (κ3) is 3.37. The molecule has 0 unspecified atom stereocenters. The molecule has 1 atom stereocenters. The Kier molecular flexibility index (Phi) is 4.88. The van der Waals surface area contributed by atoms with Crippen LogP contribution in [-0.2, 0) is 15.8 Å². The molecule has 1 aliphatic heterocycles. The summed E-state index contributed by atoms with van der Waals surface area (Å²) < 4.78 is 31.5. The predicted octanol–water partition coefficient (Wildman–Crippen LogP) is 1.50. The number of fused-ring (bicyclic) bond motifs is 1. The van der Waals surface area contributed by atoms with Crippen molar-refractivity contribution in [2.75, 3.05) is 13.1 Å². The molecule has 0 spiro atoms. The summed E-state index contributed by atoms with van der Waals surface area (Å²) in [7, 11) is -3.40. The largest absolute Gasteiger partial charge is 0.356 e. The number of piperidine rings is 1. The van der Waals surface area contributed by atoms with E-state index in [2.05, 4.69) is 5.16 Å². The van der Waals surface area contributed by atoms with Gasteiger partial charge in [0.05, 0.1) is 0 Å². The zero-order chi connectivity index (χ0) is 14.2. The van der Waals surface area contributed by atoms with Crippen molar-refractivity contribution in [2.45, 2.75) is 24.6 Å². The Morgan fingerprint density at radius 2 is 2.14 bits per heavy atom. The van der Waals surface area contributed by atoms with Gasteiger partial charge in [-0.05, 0) is 25.0 Å². The monoisotopic (exact) mass is 331 g/mol. The molecule has 2 aromatic rings. The van der Waals surface area contributed by atoms with Gasteiger partial charge < -0.3 is 10.3 Å². The Balaban J connectivity index is 0.00000161. The summed E-state index contributed by atoms with van der Waals surface area (Å²) in [6.45, 7) is 0.921. The zero-order valence-corrected chi connectivity index (χ0v) is 13.1. The molecule has 8 heteroatoms. The van der Waals surface area contributed by atoms with E-state index in [1.165, 1.54) is 4.31 Å². The van der Waals surface area contributed by atoms with Crippen LogP contribution in [0.5, 0.6) is 0 Å². The summed E-state index contributed by atoms with van der Waals surface area (Å²) in [5.41, 5.74) is 6.91. The van der Waals surface area contributed by atoms with E-state index < -0.39 is 10.0 Å². The highest BCUT2D eigenvalue weighted by atomic mass is 35.5. The highest BCUT2D eigenvalue weighted by Crippen LogP contribution is 2.22. The molecule has 21 heavy (non-hydrogen) atoms. The molecular formula is C13H18ClN3O3S. The third-order valence-electron chi connectivity index (χ3n) is 3.59. The van der Waals surface area contributed by atoms with Crippen molar-refractivity contribution in [3.8, 4) is 0 Å². The van der Waals surface area contributed by atoms with Crippen LogP contribution in [0, 0.1) is 0 Å². The van der Waals surface area contributed by atoms with Crippen molar-refractivity contribution in [2.24, 2.45) is 5.73 Å². The van der Waals surface area contributed by atoms with Gasteiger partial charge in [-0.2, -0.15) is 0 Å². The Morgan fingerprint density at radius 3 is 2.90 bits per heavy atom. The minimum atomic E-state index is -3.40. The Bertz CT molecular complexity index is 716. The van der Waals surface area contributed by atoms with Crippen molar-refractivity contribution in [1.82, 2.24) is 9.46 Å². The normalized spacial score (nSPS) is 20.3. The molecule has 0 radical (unpaired) electrons. The maximum absolute atomic E-state index is 12.4. The highest BCUT2D eigenvalue weighted by Gasteiger charge is 2.29. The van der Waals surface area contributed by atoms with E-state index in [-0.39, 0.29) is 24.2 Å². The summed E-state index contributed by atoms with van der Waals surface area (Å²) in [4.78, 5) is 0. The number of hydrogen-bond acceptors (Lipinski definition) is 5. The number of aromatic nitrogens is 1. The van der Waals surface area contributed by atoms with Crippen LogP contribution >= 0.6 is 12.4 Å². The molecule has 1 aromatic carbocycles. The second-order valence-corrected chi connectivity index (χ2v) is 7.11. The van der Waals surface area contributed by atoms with Crippen LogP contribution in [0.2, 0.25) is 0 Å². The van der Waals surface area contributed by atoms with Crippen LogP contribution in [-0.4, -0.2) is 37.0 Å².